The SMILES string of the molecule is COc1ccc([C@@]23CC2CN(CCCSc2nnc(-c4ccc(F)c(F)c4)n2C)C3)cc1C(C)=O. The number of nitrogens with zero attached hydrogens (tertiary/aromatic N) is 4. The Labute approximate surface area is 207 Å². The lowest BCUT2D eigenvalue weighted by molar-refractivity contribution is 0.101. The zero-order valence-corrected chi connectivity index (χ0v) is 20.9. The van der Waals surface area contributed by atoms with Crippen molar-refractivity contribution in [1.29, 1.82) is 0 Å². The lowest BCUT2D eigenvalue weighted by atomic mass is 9.92. The fourth-order valence-corrected chi connectivity index (χ4v) is 6.11. The third kappa shape index (κ3) is 4.47. The lowest BCUT2D eigenvalue weighted by Crippen LogP contribution is -2.28. The summed E-state index contributed by atoms with van der Waals surface area (Å²) in [6.07, 6.45) is 2.18. The molecular weight excluding hydrogens is 470 g/mol. The molecule has 2 heterocycles. The van der Waals surface area contributed by atoms with Crippen LogP contribution >= 0.6 is 11.8 Å². The first kappa shape index (κ1) is 23.9. The number of Topliss-reactive ketones (excluding diaryl/α,β-unsaturated/α-hetero) is 1. The summed E-state index contributed by atoms with van der Waals surface area (Å²) in [5.74, 6) is 0.929. The Morgan fingerprint density at radius 3 is 2.77 bits per heavy atom. The number of fused-ring (bicyclic) bond motifs is 1. The zero-order chi connectivity index (χ0) is 24.7. The van der Waals surface area contributed by atoms with Crippen molar-refractivity contribution < 1.29 is 18.3 Å². The van der Waals surface area contributed by atoms with E-state index in [1.54, 1.807) is 25.8 Å². The van der Waals surface area contributed by atoms with Gasteiger partial charge in [0.2, 0.25) is 0 Å². The Morgan fingerprint density at radius 1 is 1.20 bits per heavy atom. The van der Waals surface area contributed by atoms with E-state index in [9.17, 15) is 13.6 Å². The van der Waals surface area contributed by atoms with Gasteiger partial charge in [0.1, 0.15) is 5.75 Å². The second-order valence-electron chi connectivity index (χ2n) is 9.46. The number of methoxy groups -OCH3 is 1. The van der Waals surface area contributed by atoms with Crippen LogP contribution in [-0.4, -0.2) is 57.9 Å². The smallest absolute Gasteiger partial charge is 0.191 e. The van der Waals surface area contributed by atoms with Crippen molar-refractivity contribution >= 4 is 17.5 Å². The number of carbonyl (C=O) groups is 1. The van der Waals surface area contributed by atoms with E-state index in [1.807, 2.05) is 23.7 Å². The summed E-state index contributed by atoms with van der Waals surface area (Å²) >= 11 is 1.61. The Morgan fingerprint density at radius 2 is 2.03 bits per heavy atom. The van der Waals surface area contributed by atoms with E-state index < -0.39 is 11.6 Å². The molecule has 5 rings (SSSR count). The number of carbonyl (C=O) groups excluding carboxylic acids is 1. The Balaban J connectivity index is 1.15. The molecule has 2 fully saturated rings. The number of hydrogen-bond donors (Lipinski definition) is 0. The molecular formula is C26H28F2N4O2S. The van der Waals surface area contributed by atoms with Gasteiger partial charge in [-0.2, -0.15) is 0 Å². The quantitative estimate of drug-likeness (QED) is 0.242. The predicted molar refractivity (Wildman–Crippen MR) is 131 cm³/mol. The van der Waals surface area contributed by atoms with Crippen LogP contribution in [0.1, 0.15) is 35.7 Å². The minimum Gasteiger partial charge on any atom is -0.496 e. The fourth-order valence-electron chi connectivity index (χ4n) is 5.28. The first-order valence-electron chi connectivity index (χ1n) is 11.7. The number of benzene rings is 2. The summed E-state index contributed by atoms with van der Waals surface area (Å²) in [6, 6.07) is 9.82. The van der Waals surface area contributed by atoms with Crippen LogP contribution in [0.3, 0.4) is 0 Å². The predicted octanol–water partition coefficient (Wildman–Crippen LogP) is 4.73. The Hall–Kier alpha value is -2.78. The maximum absolute atomic E-state index is 13.6. The number of hydrogen-bond acceptors (Lipinski definition) is 6. The van der Waals surface area contributed by atoms with Gasteiger partial charge in [-0.15, -0.1) is 10.2 Å². The molecule has 1 unspecified atom stereocenters. The van der Waals surface area contributed by atoms with Gasteiger partial charge in [0, 0.05) is 36.9 Å². The molecule has 1 saturated carbocycles. The van der Waals surface area contributed by atoms with Crippen LogP contribution < -0.4 is 4.74 Å². The highest BCUT2D eigenvalue weighted by molar-refractivity contribution is 7.99. The molecule has 2 atom stereocenters. The number of aromatic nitrogens is 3. The minimum atomic E-state index is -0.895. The third-order valence-electron chi connectivity index (χ3n) is 7.23. The molecule has 0 radical (unpaired) electrons. The molecule has 2 aromatic carbocycles. The van der Waals surface area contributed by atoms with Crippen molar-refractivity contribution in [2.45, 2.75) is 30.3 Å². The second-order valence-corrected chi connectivity index (χ2v) is 10.5. The zero-order valence-electron chi connectivity index (χ0n) is 20.1. The summed E-state index contributed by atoms with van der Waals surface area (Å²) in [5.41, 5.74) is 2.56. The van der Waals surface area contributed by atoms with E-state index in [0.717, 1.165) is 49.1 Å². The van der Waals surface area contributed by atoms with Crippen LogP contribution in [0.15, 0.2) is 41.6 Å². The van der Waals surface area contributed by atoms with Crippen molar-refractivity contribution in [2.24, 2.45) is 13.0 Å². The average Bonchev–Trinajstić information content (AvgIpc) is 3.22. The molecule has 0 amide bonds. The monoisotopic (exact) mass is 498 g/mol. The molecule has 3 aromatic rings. The van der Waals surface area contributed by atoms with E-state index in [1.165, 1.54) is 18.1 Å². The molecule has 1 aliphatic carbocycles. The maximum atomic E-state index is 13.6. The van der Waals surface area contributed by atoms with Crippen LogP contribution in [0.2, 0.25) is 0 Å². The Bertz CT molecular complexity index is 1280. The van der Waals surface area contributed by atoms with Crippen LogP contribution in [0, 0.1) is 17.6 Å². The number of piperidine rings is 1. The number of ketones is 1. The molecule has 0 bridgehead atoms. The van der Waals surface area contributed by atoms with Crippen molar-refractivity contribution in [1.82, 2.24) is 19.7 Å². The van der Waals surface area contributed by atoms with Gasteiger partial charge in [0.15, 0.2) is 28.4 Å². The molecule has 0 spiro atoms. The summed E-state index contributed by atoms with van der Waals surface area (Å²) in [4.78, 5) is 14.6. The van der Waals surface area contributed by atoms with Gasteiger partial charge >= 0.3 is 0 Å². The van der Waals surface area contributed by atoms with Gasteiger partial charge in [0.25, 0.3) is 0 Å². The van der Waals surface area contributed by atoms with Crippen molar-refractivity contribution in [3.8, 4) is 17.1 Å². The second kappa shape index (κ2) is 9.35. The molecule has 1 aliphatic heterocycles. The van der Waals surface area contributed by atoms with Crippen LogP contribution in [0.5, 0.6) is 5.75 Å². The average molecular weight is 499 g/mol. The third-order valence-corrected chi connectivity index (χ3v) is 8.34. The van der Waals surface area contributed by atoms with E-state index >= 15 is 0 Å². The molecule has 0 N–H and O–H groups in total. The van der Waals surface area contributed by atoms with Crippen molar-refractivity contribution in [2.75, 3.05) is 32.5 Å². The lowest BCUT2D eigenvalue weighted by Gasteiger charge is -2.21. The van der Waals surface area contributed by atoms with Crippen molar-refractivity contribution in [3.05, 3.63) is 59.2 Å². The van der Waals surface area contributed by atoms with E-state index in [-0.39, 0.29) is 11.2 Å². The van der Waals surface area contributed by atoms with E-state index in [2.05, 4.69) is 21.2 Å². The first-order chi connectivity index (χ1) is 16.8. The van der Waals surface area contributed by atoms with E-state index in [0.29, 0.717) is 28.6 Å². The molecule has 35 heavy (non-hydrogen) atoms. The van der Waals surface area contributed by atoms with Crippen molar-refractivity contribution in [3.63, 3.8) is 0 Å². The highest BCUT2D eigenvalue weighted by atomic mass is 32.2. The summed E-state index contributed by atoms with van der Waals surface area (Å²) in [6.45, 7) is 4.67. The Kier molecular flexibility index (Phi) is 6.40. The fraction of sp³-hybridized carbons (Fsp3) is 0.423. The number of thioether (sulfide) groups is 1. The first-order valence-corrected chi connectivity index (χ1v) is 12.7. The molecule has 6 nitrogen and oxygen atoms in total. The number of likely N-dealkylation sites (tertiary alicyclic amines) is 1. The van der Waals surface area contributed by atoms with Gasteiger partial charge in [0.05, 0.1) is 12.7 Å². The number of halogens is 2. The minimum absolute atomic E-state index is 0.0284. The highest BCUT2D eigenvalue weighted by Crippen LogP contribution is 2.59. The largest absolute Gasteiger partial charge is 0.496 e. The van der Waals surface area contributed by atoms with Gasteiger partial charge in [-0.25, -0.2) is 8.78 Å². The summed E-state index contributed by atoms with van der Waals surface area (Å²) in [7, 11) is 3.43. The van der Waals surface area contributed by atoms with Crippen LogP contribution in [0.4, 0.5) is 8.78 Å². The van der Waals surface area contributed by atoms with Crippen LogP contribution in [-0.2, 0) is 12.5 Å². The maximum Gasteiger partial charge on any atom is 0.191 e. The van der Waals surface area contributed by atoms with Crippen LogP contribution in [0.25, 0.3) is 11.4 Å². The standard InChI is InChI=1S/C26H28F2N4O2S/c1-16(33)20-12-18(6-8-23(20)34-3)26-13-19(26)14-32(15-26)9-4-10-35-25-30-29-24(31(25)2)17-5-7-21(27)22(28)11-17/h5-8,11-12,19H,4,9-10,13-15H2,1-3H3/t19?,26-/m0/s1. The van der Waals surface area contributed by atoms with Gasteiger partial charge in [-0.3, -0.25) is 4.79 Å². The summed E-state index contributed by atoms with van der Waals surface area (Å²) < 4.78 is 34.0. The highest BCUT2D eigenvalue weighted by Gasteiger charge is 2.60. The number of ether oxygens (including phenoxy) is 1. The van der Waals surface area contributed by atoms with Gasteiger partial charge in [-0.1, -0.05) is 17.8 Å². The molecule has 2 aliphatic rings. The molecule has 184 valence electrons. The van der Waals surface area contributed by atoms with Gasteiger partial charge < -0.3 is 14.2 Å². The molecule has 9 heteroatoms. The molecule has 1 saturated heterocycles. The molecule has 1 aromatic heterocycles. The normalized spacial score (nSPS) is 21.2. The topological polar surface area (TPSA) is 60.2 Å². The number of rotatable bonds is 9. The van der Waals surface area contributed by atoms with Gasteiger partial charge in [-0.05, 0) is 68.1 Å². The summed E-state index contributed by atoms with van der Waals surface area (Å²) in [5, 5.41) is 9.14. The van der Waals surface area contributed by atoms with E-state index in [4.69, 9.17) is 4.74 Å².